The minimum Gasteiger partial charge on any atom is -0.342 e. The molecule has 3 aliphatic rings. The van der Waals surface area contributed by atoms with Crippen molar-refractivity contribution in [3.63, 3.8) is 0 Å². The zero-order valence-corrected chi connectivity index (χ0v) is 11.5. The molecule has 1 saturated carbocycles. The second-order valence-electron chi connectivity index (χ2n) is 5.82. The summed E-state index contributed by atoms with van der Waals surface area (Å²) >= 11 is 1.61. The highest BCUT2D eigenvalue weighted by molar-refractivity contribution is 7.09. The minimum absolute atomic E-state index is 0.660. The monoisotopic (exact) mass is 264 g/mol. The van der Waals surface area contributed by atoms with Crippen molar-refractivity contribution in [1.29, 1.82) is 0 Å². The molecule has 0 bridgehead atoms. The molecule has 5 heteroatoms. The van der Waals surface area contributed by atoms with Crippen molar-refractivity contribution in [2.45, 2.75) is 56.5 Å². The van der Waals surface area contributed by atoms with E-state index in [-0.39, 0.29) is 0 Å². The van der Waals surface area contributed by atoms with Crippen LogP contribution >= 0.6 is 11.5 Å². The second kappa shape index (κ2) is 4.46. The van der Waals surface area contributed by atoms with Crippen LogP contribution < -0.4 is 10.2 Å². The van der Waals surface area contributed by atoms with Gasteiger partial charge in [-0.3, -0.25) is 0 Å². The van der Waals surface area contributed by atoms with Gasteiger partial charge < -0.3 is 10.2 Å². The molecule has 0 aromatic carbocycles. The van der Waals surface area contributed by atoms with Crippen LogP contribution in [0.5, 0.6) is 0 Å². The maximum absolute atomic E-state index is 4.78. The molecule has 1 aromatic heterocycles. The molecular formula is C13H20N4S. The van der Waals surface area contributed by atoms with Crippen LogP contribution in [0.2, 0.25) is 0 Å². The van der Waals surface area contributed by atoms with Crippen LogP contribution in [0.4, 0.5) is 5.13 Å². The van der Waals surface area contributed by atoms with Gasteiger partial charge in [-0.1, -0.05) is 0 Å². The van der Waals surface area contributed by atoms with E-state index >= 15 is 0 Å². The lowest BCUT2D eigenvalue weighted by molar-refractivity contribution is 0.482. The molecular weight excluding hydrogens is 244 g/mol. The summed E-state index contributed by atoms with van der Waals surface area (Å²) in [6.45, 7) is 2.36. The van der Waals surface area contributed by atoms with Crippen molar-refractivity contribution in [1.82, 2.24) is 14.7 Å². The van der Waals surface area contributed by atoms with Crippen LogP contribution in [-0.4, -0.2) is 34.5 Å². The molecule has 3 fully saturated rings. The molecule has 1 aromatic rings. The summed E-state index contributed by atoms with van der Waals surface area (Å²) < 4.78 is 4.55. The van der Waals surface area contributed by atoms with Crippen molar-refractivity contribution in [2.75, 3.05) is 18.0 Å². The standard InChI is InChI=1S/C13H20N4S/c1-3-10(14-7-1)11-4-2-8-17(11)13-15-12(16-18-13)9-5-6-9/h9-11,14H,1-8H2. The number of rotatable bonds is 3. The summed E-state index contributed by atoms with van der Waals surface area (Å²) in [5, 5.41) is 4.83. The SMILES string of the molecule is C1CNC(C2CCCN2c2nc(C3CC3)ns2)C1. The number of hydrogen-bond donors (Lipinski definition) is 1. The van der Waals surface area contributed by atoms with E-state index in [0.29, 0.717) is 18.0 Å². The second-order valence-corrected chi connectivity index (χ2v) is 6.55. The van der Waals surface area contributed by atoms with Gasteiger partial charge in [-0.05, 0) is 45.1 Å². The van der Waals surface area contributed by atoms with Crippen LogP contribution in [-0.2, 0) is 0 Å². The first kappa shape index (κ1) is 11.2. The van der Waals surface area contributed by atoms with E-state index in [1.165, 1.54) is 56.7 Å². The lowest BCUT2D eigenvalue weighted by atomic mass is 10.0. The van der Waals surface area contributed by atoms with Crippen molar-refractivity contribution < 1.29 is 0 Å². The Hall–Kier alpha value is -0.680. The van der Waals surface area contributed by atoms with Crippen molar-refractivity contribution >= 4 is 16.7 Å². The number of nitrogens with zero attached hydrogens (tertiary/aromatic N) is 3. The van der Waals surface area contributed by atoms with Gasteiger partial charge >= 0.3 is 0 Å². The number of nitrogens with one attached hydrogen (secondary N) is 1. The zero-order chi connectivity index (χ0) is 11.9. The Balaban J connectivity index is 1.53. The molecule has 0 spiro atoms. The van der Waals surface area contributed by atoms with Crippen molar-refractivity contribution in [2.24, 2.45) is 0 Å². The average molecular weight is 264 g/mol. The lowest BCUT2D eigenvalue weighted by Gasteiger charge is -2.28. The van der Waals surface area contributed by atoms with Crippen molar-refractivity contribution in [3.8, 4) is 0 Å². The first-order valence-electron chi connectivity index (χ1n) is 7.25. The highest BCUT2D eigenvalue weighted by Crippen LogP contribution is 2.40. The maximum atomic E-state index is 4.78. The third kappa shape index (κ3) is 1.93. The summed E-state index contributed by atoms with van der Waals surface area (Å²) in [7, 11) is 0. The maximum Gasteiger partial charge on any atom is 0.205 e. The van der Waals surface area contributed by atoms with Gasteiger partial charge in [0.1, 0.15) is 5.82 Å². The van der Waals surface area contributed by atoms with Gasteiger partial charge in [0.25, 0.3) is 0 Å². The van der Waals surface area contributed by atoms with Crippen LogP contribution in [0.1, 0.15) is 50.3 Å². The Labute approximate surface area is 112 Å². The van der Waals surface area contributed by atoms with E-state index in [1.54, 1.807) is 11.5 Å². The molecule has 2 atom stereocenters. The van der Waals surface area contributed by atoms with E-state index in [1.807, 2.05) is 0 Å². The van der Waals surface area contributed by atoms with Gasteiger partial charge in [0, 0.05) is 36.1 Å². The largest absolute Gasteiger partial charge is 0.342 e. The quantitative estimate of drug-likeness (QED) is 0.908. The molecule has 2 saturated heterocycles. The molecule has 4 rings (SSSR count). The lowest BCUT2D eigenvalue weighted by Crippen LogP contribution is -2.44. The highest BCUT2D eigenvalue weighted by Gasteiger charge is 2.36. The first-order chi connectivity index (χ1) is 8.92. The van der Waals surface area contributed by atoms with Gasteiger partial charge in [-0.15, -0.1) is 0 Å². The molecule has 98 valence electrons. The Bertz CT molecular complexity index is 422. The number of aromatic nitrogens is 2. The zero-order valence-electron chi connectivity index (χ0n) is 10.6. The normalized spacial score (nSPS) is 32.3. The minimum atomic E-state index is 0.660. The summed E-state index contributed by atoms with van der Waals surface area (Å²) in [4.78, 5) is 7.30. The smallest absolute Gasteiger partial charge is 0.205 e. The fourth-order valence-electron chi connectivity index (χ4n) is 3.34. The highest BCUT2D eigenvalue weighted by atomic mass is 32.1. The van der Waals surface area contributed by atoms with E-state index in [4.69, 9.17) is 4.98 Å². The molecule has 1 N–H and O–H groups in total. The van der Waals surface area contributed by atoms with Crippen LogP contribution in [0.15, 0.2) is 0 Å². The topological polar surface area (TPSA) is 41.0 Å². The van der Waals surface area contributed by atoms with Gasteiger partial charge in [-0.2, -0.15) is 4.37 Å². The van der Waals surface area contributed by atoms with Crippen LogP contribution in [0.25, 0.3) is 0 Å². The summed E-state index contributed by atoms with van der Waals surface area (Å²) in [5.41, 5.74) is 0. The van der Waals surface area contributed by atoms with E-state index < -0.39 is 0 Å². The third-order valence-corrected chi connectivity index (χ3v) is 5.25. The van der Waals surface area contributed by atoms with Crippen LogP contribution in [0, 0.1) is 0 Å². The van der Waals surface area contributed by atoms with Gasteiger partial charge in [0.05, 0.1) is 0 Å². The number of hydrogen-bond acceptors (Lipinski definition) is 5. The van der Waals surface area contributed by atoms with Gasteiger partial charge in [0.15, 0.2) is 0 Å². The fourth-order valence-corrected chi connectivity index (χ4v) is 4.17. The van der Waals surface area contributed by atoms with Crippen molar-refractivity contribution in [3.05, 3.63) is 5.82 Å². The molecule has 0 radical (unpaired) electrons. The average Bonchev–Trinajstić information content (AvgIpc) is 2.91. The fraction of sp³-hybridized carbons (Fsp3) is 0.846. The Morgan fingerprint density at radius 2 is 2.11 bits per heavy atom. The molecule has 3 heterocycles. The molecule has 0 amide bonds. The molecule has 1 aliphatic carbocycles. The summed E-state index contributed by atoms with van der Waals surface area (Å²) in [6.07, 6.45) is 7.87. The third-order valence-electron chi connectivity index (χ3n) is 4.48. The molecule has 4 nitrogen and oxygen atoms in total. The molecule has 2 unspecified atom stereocenters. The van der Waals surface area contributed by atoms with Gasteiger partial charge in [0.2, 0.25) is 5.13 Å². The van der Waals surface area contributed by atoms with E-state index in [2.05, 4.69) is 14.6 Å². The first-order valence-corrected chi connectivity index (χ1v) is 8.03. The molecule has 18 heavy (non-hydrogen) atoms. The van der Waals surface area contributed by atoms with Gasteiger partial charge in [-0.25, -0.2) is 4.98 Å². The summed E-state index contributed by atoms with van der Waals surface area (Å²) in [5.74, 6) is 1.79. The van der Waals surface area contributed by atoms with E-state index in [9.17, 15) is 0 Å². The van der Waals surface area contributed by atoms with Crippen LogP contribution in [0.3, 0.4) is 0 Å². The Kier molecular flexibility index (Phi) is 2.77. The number of anilines is 1. The Morgan fingerprint density at radius 3 is 2.89 bits per heavy atom. The summed E-state index contributed by atoms with van der Waals surface area (Å²) in [6, 6.07) is 1.34. The Morgan fingerprint density at radius 1 is 1.17 bits per heavy atom. The molecule has 2 aliphatic heterocycles. The predicted octanol–water partition coefficient (Wildman–Crippen LogP) is 2.14. The van der Waals surface area contributed by atoms with E-state index in [0.717, 1.165) is 5.82 Å². The predicted molar refractivity (Wildman–Crippen MR) is 73.3 cm³/mol.